The molecule has 2 aromatic carbocycles. The summed E-state index contributed by atoms with van der Waals surface area (Å²) >= 11 is 17.6. The molecule has 0 aromatic heterocycles. The number of nitrogens with one attached hydrogen (secondary N) is 1. The third kappa shape index (κ3) is 4.32. The lowest BCUT2D eigenvalue weighted by Crippen LogP contribution is -2.06. The largest absolute Gasteiger partial charge is 0.416 e. The van der Waals surface area contributed by atoms with E-state index in [0.717, 1.165) is 12.1 Å². The molecule has 0 saturated heterocycles. The highest BCUT2D eigenvalue weighted by Crippen LogP contribution is 2.38. The number of hydrogen-bond acceptors (Lipinski definition) is 3. The highest BCUT2D eigenvalue weighted by molar-refractivity contribution is 6.69. The van der Waals surface area contributed by atoms with Crippen LogP contribution in [0.15, 0.2) is 41.5 Å². The van der Waals surface area contributed by atoms with Crippen LogP contribution < -0.4 is 5.43 Å². The van der Waals surface area contributed by atoms with Crippen molar-refractivity contribution in [2.75, 3.05) is 5.43 Å². The first-order valence-corrected chi connectivity index (χ1v) is 7.41. The molecule has 0 atom stereocenters. The first-order chi connectivity index (χ1) is 11.2. The maximum atomic E-state index is 12.7. The van der Waals surface area contributed by atoms with Crippen LogP contribution in [0.2, 0.25) is 10.0 Å². The Bertz CT molecular complexity index is 802. The second kappa shape index (κ2) is 7.31. The van der Waals surface area contributed by atoms with Gasteiger partial charge in [0.2, 0.25) is 0 Å². The zero-order valence-corrected chi connectivity index (χ0v) is 13.9. The molecule has 0 bridgehead atoms. The summed E-state index contributed by atoms with van der Waals surface area (Å²) in [4.78, 5) is 0. The molecule has 0 aliphatic rings. The fourth-order valence-electron chi connectivity index (χ4n) is 1.70. The van der Waals surface area contributed by atoms with Crippen LogP contribution in [0.4, 0.5) is 18.9 Å². The second-order valence-corrected chi connectivity index (χ2v) is 5.69. The fourth-order valence-corrected chi connectivity index (χ4v) is 2.44. The van der Waals surface area contributed by atoms with Crippen LogP contribution in [0.5, 0.6) is 0 Å². The number of anilines is 1. The minimum Gasteiger partial charge on any atom is -0.274 e. The van der Waals surface area contributed by atoms with Gasteiger partial charge in [-0.3, -0.25) is 5.43 Å². The molecule has 124 valence electrons. The van der Waals surface area contributed by atoms with Crippen LogP contribution in [-0.4, -0.2) is 5.17 Å². The van der Waals surface area contributed by atoms with Crippen LogP contribution in [0, 0.1) is 11.3 Å². The first kappa shape index (κ1) is 18.4. The summed E-state index contributed by atoms with van der Waals surface area (Å²) in [6, 6.07) is 9.67. The summed E-state index contributed by atoms with van der Waals surface area (Å²) in [6.07, 6.45) is -4.56. The average molecular weight is 393 g/mol. The number of hydrogen-bond donors (Lipinski definition) is 1. The molecular formula is C15H7Cl3F3N3. The molecule has 0 aliphatic heterocycles. The van der Waals surface area contributed by atoms with Crippen molar-refractivity contribution < 1.29 is 13.2 Å². The van der Waals surface area contributed by atoms with Crippen molar-refractivity contribution in [3.8, 4) is 6.07 Å². The van der Waals surface area contributed by atoms with Crippen LogP contribution in [-0.2, 0) is 6.18 Å². The summed E-state index contributed by atoms with van der Waals surface area (Å²) in [5.41, 5.74) is 2.43. The normalized spacial score (nSPS) is 12.0. The summed E-state index contributed by atoms with van der Waals surface area (Å²) in [5.74, 6) is 0. The van der Waals surface area contributed by atoms with E-state index in [-0.39, 0.29) is 20.9 Å². The zero-order valence-electron chi connectivity index (χ0n) is 11.6. The van der Waals surface area contributed by atoms with Crippen molar-refractivity contribution in [3.05, 3.63) is 63.1 Å². The minimum atomic E-state index is -4.56. The topological polar surface area (TPSA) is 48.2 Å². The molecular weight excluding hydrogens is 386 g/mol. The summed E-state index contributed by atoms with van der Waals surface area (Å²) in [6.45, 7) is 0. The number of rotatable bonds is 3. The van der Waals surface area contributed by atoms with Crippen LogP contribution in [0.3, 0.4) is 0 Å². The third-order valence-electron chi connectivity index (χ3n) is 2.89. The van der Waals surface area contributed by atoms with E-state index in [2.05, 4.69) is 10.5 Å². The molecule has 0 unspecified atom stereocenters. The summed E-state index contributed by atoms with van der Waals surface area (Å²) in [7, 11) is 0. The molecule has 3 nitrogen and oxygen atoms in total. The molecule has 1 N–H and O–H groups in total. The van der Waals surface area contributed by atoms with Gasteiger partial charge in [0.15, 0.2) is 5.17 Å². The van der Waals surface area contributed by atoms with Gasteiger partial charge in [-0.2, -0.15) is 23.5 Å². The molecule has 0 amide bonds. The Morgan fingerprint density at radius 3 is 2.08 bits per heavy atom. The van der Waals surface area contributed by atoms with Gasteiger partial charge in [-0.25, -0.2) is 0 Å². The van der Waals surface area contributed by atoms with E-state index in [0.29, 0.717) is 11.1 Å². The van der Waals surface area contributed by atoms with Crippen LogP contribution in [0.25, 0.3) is 0 Å². The summed E-state index contributed by atoms with van der Waals surface area (Å²) in [5, 5.41) is 12.1. The lowest BCUT2D eigenvalue weighted by Gasteiger charge is -2.12. The van der Waals surface area contributed by atoms with Gasteiger partial charge < -0.3 is 0 Å². The lowest BCUT2D eigenvalue weighted by atomic mass is 10.2. The predicted octanol–water partition coefficient (Wildman–Crippen LogP) is 5.90. The van der Waals surface area contributed by atoms with E-state index in [4.69, 9.17) is 40.1 Å². The van der Waals surface area contributed by atoms with Crippen LogP contribution >= 0.6 is 34.8 Å². The number of alkyl halides is 3. The molecule has 9 heteroatoms. The van der Waals surface area contributed by atoms with Crippen molar-refractivity contribution in [2.45, 2.75) is 6.18 Å². The van der Waals surface area contributed by atoms with Gasteiger partial charge >= 0.3 is 6.18 Å². The highest BCUT2D eigenvalue weighted by atomic mass is 35.5. The van der Waals surface area contributed by atoms with E-state index in [9.17, 15) is 13.2 Å². The summed E-state index contributed by atoms with van der Waals surface area (Å²) < 4.78 is 38.0. The first-order valence-electron chi connectivity index (χ1n) is 6.28. The van der Waals surface area contributed by atoms with Gasteiger partial charge in [-0.05, 0) is 24.3 Å². The molecule has 24 heavy (non-hydrogen) atoms. The lowest BCUT2D eigenvalue weighted by molar-refractivity contribution is -0.137. The molecule has 0 heterocycles. The maximum Gasteiger partial charge on any atom is 0.416 e. The van der Waals surface area contributed by atoms with Gasteiger partial charge in [-0.15, -0.1) is 0 Å². The Morgan fingerprint density at radius 1 is 1.08 bits per heavy atom. The van der Waals surface area contributed by atoms with E-state index in [1.165, 1.54) is 0 Å². The standard InChI is InChI=1S/C15H7Cl3F3N3/c16-11-5-10(15(19,20)21)6-12(17)13(11)23-24-14(18)9-3-1-8(7-22)2-4-9/h1-6,23H/b24-14-. The minimum absolute atomic E-state index is 0.00173. The number of hydrazone groups is 1. The Kier molecular flexibility index (Phi) is 5.60. The quantitative estimate of drug-likeness (QED) is 0.522. The van der Waals surface area contributed by atoms with E-state index < -0.39 is 11.7 Å². The molecule has 0 radical (unpaired) electrons. The van der Waals surface area contributed by atoms with Gasteiger partial charge in [0, 0.05) is 5.56 Å². The second-order valence-electron chi connectivity index (χ2n) is 4.52. The van der Waals surface area contributed by atoms with Gasteiger partial charge in [0.25, 0.3) is 0 Å². The molecule has 2 aromatic rings. The number of halogens is 6. The highest BCUT2D eigenvalue weighted by Gasteiger charge is 2.32. The maximum absolute atomic E-state index is 12.7. The SMILES string of the molecule is N#Cc1ccc(/C(Cl)=N/Nc2c(Cl)cc(C(F)(F)F)cc2Cl)cc1. The Labute approximate surface area is 150 Å². The van der Waals surface area contributed by atoms with Crippen molar-refractivity contribution in [1.29, 1.82) is 5.26 Å². The van der Waals surface area contributed by atoms with Gasteiger partial charge in [0.1, 0.15) is 0 Å². The predicted molar refractivity (Wildman–Crippen MR) is 88.6 cm³/mol. The molecule has 0 fully saturated rings. The smallest absolute Gasteiger partial charge is 0.274 e. The molecule has 2 rings (SSSR count). The van der Waals surface area contributed by atoms with E-state index in [1.807, 2.05) is 6.07 Å². The van der Waals surface area contributed by atoms with Crippen molar-refractivity contribution >= 4 is 45.7 Å². The molecule has 0 saturated carbocycles. The van der Waals surface area contributed by atoms with E-state index in [1.54, 1.807) is 24.3 Å². The Hall–Kier alpha value is -1.94. The average Bonchev–Trinajstić information content (AvgIpc) is 2.53. The Balaban J connectivity index is 2.26. The number of nitrogens with zero attached hydrogens (tertiary/aromatic N) is 2. The van der Waals surface area contributed by atoms with Gasteiger partial charge in [0.05, 0.1) is 32.9 Å². The monoisotopic (exact) mass is 391 g/mol. The Morgan fingerprint density at radius 2 is 1.62 bits per heavy atom. The third-order valence-corrected chi connectivity index (χ3v) is 3.79. The van der Waals surface area contributed by atoms with Crippen molar-refractivity contribution in [1.82, 2.24) is 0 Å². The molecule has 0 aliphatic carbocycles. The number of nitriles is 1. The van der Waals surface area contributed by atoms with Gasteiger partial charge in [-0.1, -0.05) is 46.9 Å². The van der Waals surface area contributed by atoms with Crippen molar-refractivity contribution in [3.63, 3.8) is 0 Å². The van der Waals surface area contributed by atoms with Crippen molar-refractivity contribution in [2.24, 2.45) is 5.10 Å². The molecule has 0 spiro atoms. The fraction of sp³-hybridized carbons (Fsp3) is 0.0667. The van der Waals surface area contributed by atoms with Crippen LogP contribution in [0.1, 0.15) is 16.7 Å². The number of benzene rings is 2. The zero-order chi connectivity index (χ0) is 17.9. The van der Waals surface area contributed by atoms with E-state index >= 15 is 0 Å².